The molecule has 6 heteroatoms. The van der Waals surface area contributed by atoms with Crippen molar-refractivity contribution in [3.8, 4) is 17.2 Å². The number of para-hydroxylation sites is 4. The number of hydrogen-bond acceptors (Lipinski definition) is 5. The molecule has 1 heterocycles. The molecule has 0 saturated carbocycles. The maximum atomic E-state index is 13.6. The molecule has 3 aromatic rings. The van der Waals surface area contributed by atoms with E-state index in [1.54, 1.807) is 26.2 Å². The highest BCUT2D eigenvalue weighted by Gasteiger charge is 2.37. The zero-order valence-electron chi connectivity index (χ0n) is 16.5. The monoisotopic (exact) mass is 390 g/mol. The molecule has 29 heavy (non-hydrogen) atoms. The van der Waals surface area contributed by atoms with Crippen LogP contribution in [-0.2, 0) is 0 Å². The molecule has 0 bridgehead atoms. The first-order valence-corrected chi connectivity index (χ1v) is 9.22. The molecular weight excluding hydrogens is 368 g/mol. The van der Waals surface area contributed by atoms with Crippen LogP contribution in [0.2, 0.25) is 0 Å². The number of nitrogens with one attached hydrogen (secondary N) is 1. The molecule has 0 aromatic heterocycles. The van der Waals surface area contributed by atoms with E-state index in [0.717, 1.165) is 11.3 Å². The van der Waals surface area contributed by atoms with E-state index in [1.165, 1.54) is 0 Å². The molecule has 6 nitrogen and oxygen atoms in total. The number of fused-ring (bicyclic) bond motifs is 1. The lowest BCUT2D eigenvalue weighted by Crippen LogP contribution is -2.43. The number of methoxy groups -OCH3 is 3. The van der Waals surface area contributed by atoms with Crippen molar-refractivity contribution in [1.82, 2.24) is 0 Å². The fourth-order valence-electron chi connectivity index (χ4n) is 3.68. The fraction of sp³-hybridized carbons (Fsp3) is 0.174. The van der Waals surface area contributed by atoms with E-state index in [2.05, 4.69) is 5.32 Å². The van der Waals surface area contributed by atoms with Gasteiger partial charge in [0.2, 0.25) is 0 Å². The number of carbonyl (C=O) groups is 1. The van der Waals surface area contributed by atoms with Crippen LogP contribution in [0.4, 0.5) is 11.4 Å². The van der Waals surface area contributed by atoms with Gasteiger partial charge in [0, 0.05) is 11.3 Å². The van der Waals surface area contributed by atoms with Gasteiger partial charge in [-0.15, -0.1) is 0 Å². The van der Waals surface area contributed by atoms with E-state index in [-0.39, 0.29) is 5.91 Å². The second kappa shape index (κ2) is 7.75. The number of carbonyl (C=O) groups excluding carboxylic acids is 1. The summed E-state index contributed by atoms with van der Waals surface area (Å²) >= 11 is 0. The summed E-state index contributed by atoms with van der Waals surface area (Å²) in [6.07, 6.45) is -0.515. The smallest absolute Gasteiger partial charge is 0.262 e. The number of anilines is 2. The van der Waals surface area contributed by atoms with Gasteiger partial charge < -0.3 is 19.5 Å². The Morgan fingerprint density at radius 2 is 1.48 bits per heavy atom. The molecule has 0 radical (unpaired) electrons. The summed E-state index contributed by atoms with van der Waals surface area (Å²) in [6.45, 7) is 0. The Balaban J connectivity index is 1.94. The quantitative estimate of drug-likeness (QED) is 0.696. The SMILES string of the molecule is COc1ccccc1N1C(=O)c2ccccc2NC1c1cccc(OC)c1OC. The van der Waals surface area contributed by atoms with Crippen molar-refractivity contribution >= 4 is 17.3 Å². The Morgan fingerprint density at radius 1 is 0.793 bits per heavy atom. The Morgan fingerprint density at radius 3 is 2.24 bits per heavy atom. The molecule has 1 aliphatic heterocycles. The molecule has 1 amide bonds. The second-order valence-electron chi connectivity index (χ2n) is 6.52. The van der Waals surface area contributed by atoms with Gasteiger partial charge in [0.25, 0.3) is 5.91 Å². The van der Waals surface area contributed by atoms with Gasteiger partial charge >= 0.3 is 0 Å². The normalized spacial score (nSPS) is 15.3. The molecule has 3 aromatic carbocycles. The van der Waals surface area contributed by atoms with Crippen LogP contribution in [0.25, 0.3) is 0 Å². The molecule has 0 spiro atoms. The highest BCUT2D eigenvalue weighted by atomic mass is 16.5. The van der Waals surface area contributed by atoms with Gasteiger partial charge in [-0.2, -0.15) is 0 Å². The number of ether oxygens (including phenoxy) is 3. The zero-order chi connectivity index (χ0) is 20.4. The van der Waals surface area contributed by atoms with Crippen LogP contribution in [-0.4, -0.2) is 27.2 Å². The number of amides is 1. The van der Waals surface area contributed by atoms with Gasteiger partial charge in [0.05, 0.1) is 32.6 Å². The summed E-state index contributed by atoms with van der Waals surface area (Å²) < 4.78 is 16.7. The van der Waals surface area contributed by atoms with E-state index in [1.807, 2.05) is 66.7 Å². The molecule has 148 valence electrons. The van der Waals surface area contributed by atoms with Crippen LogP contribution in [0.3, 0.4) is 0 Å². The number of nitrogens with zero attached hydrogens (tertiary/aromatic N) is 1. The molecule has 1 atom stereocenters. The minimum atomic E-state index is -0.515. The molecule has 0 fully saturated rings. The highest BCUT2D eigenvalue weighted by molar-refractivity contribution is 6.12. The summed E-state index contributed by atoms with van der Waals surface area (Å²) in [5.74, 6) is 1.64. The average molecular weight is 390 g/mol. The van der Waals surface area contributed by atoms with Crippen molar-refractivity contribution in [2.45, 2.75) is 6.17 Å². The van der Waals surface area contributed by atoms with Gasteiger partial charge in [-0.3, -0.25) is 9.69 Å². The predicted octanol–water partition coefficient (Wildman–Crippen LogP) is 4.48. The lowest BCUT2D eigenvalue weighted by Gasteiger charge is -2.39. The van der Waals surface area contributed by atoms with Crippen molar-refractivity contribution in [1.29, 1.82) is 0 Å². The Kier molecular flexibility index (Phi) is 4.99. The maximum absolute atomic E-state index is 13.6. The van der Waals surface area contributed by atoms with Gasteiger partial charge in [0.1, 0.15) is 11.9 Å². The Labute approximate surface area is 169 Å². The standard InChI is InChI=1S/C23H22N2O4/c1-27-19-13-7-6-12-18(19)25-22(16-10-8-14-20(28-2)21(16)29-3)24-17-11-5-4-9-15(17)23(25)26/h4-14,22,24H,1-3H3. The van der Waals surface area contributed by atoms with Gasteiger partial charge in [-0.25, -0.2) is 0 Å². The van der Waals surface area contributed by atoms with E-state index in [4.69, 9.17) is 14.2 Å². The van der Waals surface area contributed by atoms with Crippen LogP contribution >= 0.6 is 0 Å². The first-order chi connectivity index (χ1) is 14.2. The first-order valence-electron chi connectivity index (χ1n) is 9.22. The van der Waals surface area contributed by atoms with Crippen molar-refractivity contribution in [2.75, 3.05) is 31.5 Å². The maximum Gasteiger partial charge on any atom is 0.262 e. The summed E-state index contributed by atoms with van der Waals surface area (Å²) in [5.41, 5.74) is 2.80. The Bertz CT molecular complexity index is 1050. The minimum Gasteiger partial charge on any atom is -0.495 e. The van der Waals surface area contributed by atoms with Crippen molar-refractivity contribution in [3.05, 3.63) is 77.9 Å². The molecule has 1 unspecified atom stereocenters. The third kappa shape index (κ3) is 3.12. The van der Waals surface area contributed by atoms with E-state index in [0.29, 0.717) is 28.5 Å². The van der Waals surface area contributed by atoms with Crippen LogP contribution in [0.15, 0.2) is 66.7 Å². The third-order valence-electron chi connectivity index (χ3n) is 5.00. The number of hydrogen-bond donors (Lipinski definition) is 1. The molecule has 0 aliphatic carbocycles. The zero-order valence-corrected chi connectivity index (χ0v) is 16.5. The number of benzene rings is 3. The predicted molar refractivity (Wildman–Crippen MR) is 112 cm³/mol. The second-order valence-corrected chi connectivity index (χ2v) is 6.52. The highest BCUT2D eigenvalue weighted by Crippen LogP contribution is 2.44. The molecule has 0 saturated heterocycles. The molecule has 1 aliphatic rings. The summed E-state index contributed by atoms with van der Waals surface area (Å²) in [4.78, 5) is 15.3. The van der Waals surface area contributed by atoms with Crippen molar-refractivity contribution in [2.24, 2.45) is 0 Å². The summed E-state index contributed by atoms with van der Waals surface area (Å²) in [5, 5.41) is 3.48. The van der Waals surface area contributed by atoms with E-state index < -0.39 is 6.17 Å². The lowest BCUT2D eigenvalue weighted by molar-refractivity contribution is 0.0973. The van der Waals surface area contributed by atoms with Crippen LogP contribution < -0.4 is 24.4 Å². The molecular formula is C23H22N2O4. The lowest BCUT2D eigenvalue weighted by atomic mass is 10.0. The topological polar surface area (TPSA) is 60.0 Å². The van der Waals surface area contributed by atoms with Gasteiger partial charge in [-0.05, 0) is 30.3 Å². The van der Waals surface area contributed by atoms with Crippen LogP contribution in [0, 0.1) is 0 Å². The fourth-order valence-corrected chi connectivity index (χ4v) is 3.68. The van der Waals surface area contributed by atoms with Crippen LogP contribution in [0.5, 0.6) is 17.2 Å². The summed E-state index contributed by atoms with van der Waals surface area (Å²) in [6, 6.07) is 20.5. The molecule has 4 rings (SSSR count). The number of rotatable bonds is 5. The van der Waals surface area contributed by atoms with E-state index in [9.17, 15) is 4.79 Å². The largest absolute Gasteiger partial charge is 0.495 e. The molecule has 1 N–H and O–H groups in total. The van der Waals surface area contributed by atoms with E-state index >= 15 is 0 Å². The minimum absolute atomic E-state index is 0.126. The average Bonchev–Trinajstić information content (AvgIpc) is 2.78. The Hall–Kier alpha value is -3.67. The van der Waals surface area contributed by atoms with Gasteiger partial charge in [-0.1, -0.05) is 36.4 Å². The van der Waals surface area contributed by atoms with Crippen LogP contribution in [0.1, 0.15) is 22.1 Å². The first kappa shape index (κ1) is 18.7. The van der Waals surface area contributed by atoms with Crippen molar-refractivity contribution < 1.29 is 19.0 Å². The third-order valence-corrected chi connectivity index (χ3v) is 5.00. The summed E-state index contributed by atoms with van der Waals surface area (Å²) in [7, 11) is 4.78. The van der Waals surface area contributed by atoms with Crippen molar-refractivity contribution in [3.63, 3.8) is 0 Å². The van der Waals surface area contributed by atoms with Gasteiger partial charge in [0.15, 0.2) is 11.5 Å².